The van der Waals surface area contributed by atoms with Crippen molar-refractivity contribution >= 4 is 11.0 Å². The number of aromatic nitrogens is 4. The molecule has 3 rings (SSSR count). The van der Waals surface area contributed by atoms with Gasteiger partial charge in [0.15, 0.2) is 11.6 Å². The number of hydrogen-bond acceptors (Lipinski definition) is 3. The maximum absolute atomic E-state index is 13.1. The zero-order valence-electron chi connectivity index (χ0n) is 10.5. The van der Waals surface area contributed by atoms with E-state index in [0.717, 1.165) is 18.6 Å². The van der Waals surface area contributed by atoms with Crippen molar-refractivity contribution in [2.45, 2.75) is 13.8 Å². The summed E-state index contributed by atoms with van der Waals surface area (Å²) in [5.74, 6) is -0.636. The SMILES string of the molecule is CC.Fc1cnc(-c2c[nH]c3ncc(F)cc23)nc1. The van der Waals surface area contributed by atoms with Gasteiger partial charge in [-0.15, -0.1) is 0 Å². The summed E-state index contributed by atoms with van der Waals surface area (Å²) in [5, 5.41) is 0.566. The van der Waals surface area contributed by atoms with Crippen LogP contribution in [0.3, 0.4) is 0 Å². The third kappa shape index (κ3) is 2.57. The molecule has 3 aromatic rings. The molecule has 0 saturated heterocycles. The van der Waals surface area contributed by atoms with E-state index >= 15 is 0 Å². The maximum atomic E-state index is 13.1. The van der Waals surface area contributed by atoms with E-state index in [1.165, 1.54) is 6.07 Å². The van der Waals surface area contributed by atoms with Gasteiger partial charge in [0.2, 0.25) is 0 Å². The minimum Gasteiger partial charge on any atom is -0.345 e. The Labute approximate surface area is 108 Å². The molecule has 0 atom stereocenters. The van der Waals surface area contributed by atoms with Crippen LogP contribution in [0, 0.1) is 11.6 Å². The lowest BCUT2D eigenvalue weighted by molar-refractivity contribution is 0.614. The molecule has 0 radical (unpaired) electrons. The van der Waals surface area contributed by atoms with Crippen LogP contribution in [0.25, 0.3) is 22.4 Å². The van der Waals surface area contributed by atoms with E-state index < -0.39 is 11.6 Å². The molecule has 0 aliphatic carbocycles. The smallest absolute Gasteiger partial charge is 0.161 e. The molecule has 6 heteroatoms. The topological polar surface area (TPSA) is 54.5 Å². The van der Waals surface area contributed by atoms with Crippen LogP contribution < -0.4 is 0 Å². The number of pyridine rings is 1. The van der Waals surface area contributed by atoms with Crippen molar-refractivity contribution in [1.29, 1.82) is 0 Å². The molecule has 1 N–H and O–H groups in total. The zero-order chi connectivity index (χ0) is 13.8. The van der Waals surface area contributed by atoms with Gasteiger partial charge in [0.25, 0.3) is 0 Å². The first-order chi connectivity index (χ1) is 9.24. The third-order valence-corrected chi connectivity index (χ3v) is 2.36. The van der Waals surface area contributed by atoms with Crippen LogP contribution in [0.1, 0.15) is 13.8 Å². The summed E-state index contributed by atoms with van der Waals surface area (Å²) < 4.78 is 25.8. The molecule has 3 heterocycles. The van der Waals surface area contributed by atoms with Gasteiger partial charge < -0.3 is 4.98 Å². The predicted octanol–water partition coefficient (Wildman–Crippen LogP) is 3.32. The Hall–Kier alpha value is -2.37. The van der Waals surface area contributed by atoms with Gasteiger partial charge >= 0.3 is 0 Å². The van der Waals surface area contributed by atoms with Crippen LogP contribution >= 0.6 is 0 Å². The van der Waals surface area contributed by atoms with Gasteiger partial charge in [-0.25, -0.2) is 23.7 Å². The van der Waals surface area contributed by atoms with Crippen LogP contribution in [-0.4, -0.2) is 19.9 Å². The molecular weight excluding hydrogens is 250 g/mol. The van der Waals surface area contributed by atoms with Crippen LogP contribution in [0.15, 0.2) is 30.9 Å². The fourth-order valence-electron chi connectivity index (χ4n) is 1.61. The molecule has 0 saturated carbocycles. The lowest BCUT2D eigenvalue weighted by atomic mass is 10.2. The van der Waals surface area contributed by atoms with Crippen LogP contribution in [0.5, 0.6) is 0 Å². The minimum atomic E-state index is -0.516. The summed E-state index contributed by atoms with van der Waals surface area (Å²) in [6, 6.07) is 1.33. The molecule has 0 bridgehead atoms. The molecule has 0 amide bonds. The van der Waals surface area contributed by atoms with Crippen molar-refractivity contribution in [3.63, 3.8) is 0 Å². The second-order valence-corrected chi connectivity index (χ2v) is 3.48. The summed E-state index contributed by atoms with van der Waals surface area (Å²) in [7, 11) is 0. The third-order valence-electron chi connectivity index (χ3n) is 2.36. The summed E-state index contributed by atoms with van der Waals surface area (Å²) in [6.45, 7) is 4.00. The first-order valence-electron chi connectivity index (χ1n) is 5.84. The summed E-state index contributed by atoms with van der Waals surface area (Å²) in [5.41, 5.74) is 1.13. The molecule has 19 heavy (non-hydrogen) atoms. The molecule has 0 aliphatic heterocycles. The number of nitrogens with one attached hydrogen (secondary N) is 1. The predicted molar refractivity (Wildman–Crippen MR) is 68.4 cm³/mol. The van der Waals surface area contributed by atoms with Gasteiger partial charge in [-0.3, -0.25) is 0 Å². The highest BCUT2D eigenvalue weighted by atomic mass is 19.1. The van der Waals surface area contributed by atoms with Crippen molar-refractivity contribution in [3.8, 4) is 11.4 Å². The molecule has 0 aliphatic rings. The summed E-state index contributed by atoms with van der Waals surface area (Å²) in [6.07, 6.45) is 4.86. The van der Waals surface area contributed by atoms with Gasteiger partial charge in [-0.1, -0.05) is 13.8 Å². The van der Waals surface area contributed by atoms with E-state index in [1.807, 2.05) is 13.8 Å². The molecule has 0 aromatic carbocycles. The molecule has 0 fully saturated rings. The van der Waals surface area contributed by atoms with Crippen molar-refractivity contribution in [1.82, 2.24) is 19.9 Å². The highest BCUT2D eigenvalue weighted by molar-refractivity contribution is 5.91. The largest absolute Gasteiger partial charge is 0.345 e. The van der Waals surface area contributed by atoms with Gasteiger partial charge in [-0.05, 0) is 6.07 Å². The Kier molecular flexibility index (Phi) is 3.79. The average Bonchev–Trinajstić information content (AvgIpc) is 2.85. The fourth-order valence-corrected chi connectivity index (χ4v) is 1.61. The highest BCUT2D eigenvalue weighted by Gasteiger charge is 2.10. The Bertz CT molecular complexity index is 677. The second kappa shape index (κ2) is 5.51. The van der Waals surface area contributed by atoms with Crippen molar-refractivity contribution in [2.24, 2.45) is 0 Å². The van der Waals surface area contributed by atoms with Crippen LogP contribution in [-0.2, 0) is 0 Å². The van der Waals surface area contributed by atoms with Crippen molar-refractivity contribution in [3.05, 3.63) is 42.5 Å². The Morgan fingerprint density at radius 2 is 1.58 bits per heavy atom. The molecule has 0 spiro atoms. The molecule has 4 nitrogen and oxygen atoms in total. The lowest BCUT2D eigenvalue weighted by Crippen LogP contribution is -1.89. The lowest BCUT2D eigenvalue weighted by Gasteiger charge is -1.97. The summed E-state index contributed by atoms with van der Waals surface area (Å²) >= 11 is 0. The van der Waals surface area contributed by atoms with Crippen molar-refractivity contribution in [2.75, 3.05) is 0 Å². The monoisotopic (exact) mass is 262 g/mol. The quantitative estimate of drug-likeness (QED) is 0.731. The van der Waals surface area contributed by atoms with E-state index in [9.17, 15) is 8.78 Å². The van der Waals surface area contributed by atoms with Gasteiger partial charge in [0.1, 0.15) is 11.5 Å². The Morgan fingerprint density at radius 3 is 2.26 bits per heavy atom. The Morgan fingerprint density at radius 1 is 0.947 bits per heavy atom. The van der Waals surface area contributed by atoms with Gasteiger partial charge in [0, 0.05) is 17.1 Å². The second-order valence-electron chi connectivity index (χ2n) is 3.48. The highest BCUT2D eigenvalue weighted by Crippen LogP contribution is 2.24. The number of halogens is 2. The number of rotatable bonds is 1. The molecule has 3 aromatic heterocycles. The number of aromatic amines is 1. The maximum Gasteiger partial charge on any atom is 0.161 e. The molecule has 98 valence electrons. The first kappa shape index (κ1) is 13.1. The number of H-pyrrole nitrogens is 1. The van der Waals surface area contributed by atoms with Gasteiger partial charge in [0.05, 0.1) is 18.6 Å². The summed E-state index contributed by atoms with van der Waals surface area (Å²) in [4.78, 5) is 14.4. The standard InChI is InChI=1S/C11H6F2N4.C2H6/c12-6-1-8-9(5-17-10(8)14-2-6)11-15-3-7(13)4-16-11;1-2/h1-5H,(H,14,17);1-2H3. The number of fused-ring (bicyclic) bond motifs is 1. The van der Waals surface area contributed by atoms with Crippen molar-refractivity contribution < 1.29 is 8.78 Å². The first-order valence-corrected chi connectivity index (χ1v) is 5.84. The van der Waals surface area contributed by atoms with Crippen LogP contribution in [0.4, 0.5) is 8.78 Å². The number of hydrogen-bond donors (Lipinski definition) is 1. The minimum absolute atomic E-state index is 0.324. The van der Waals surface area contributed by atoms with E-state index in [1.54, 1.807) is 6.20 Å². The molecular formula is C13H12F2N4. The van der Waals surface area contributed by atoms with Gasteiger partial charge in [-0.2, -0.15) is 0 Å². The Balaban J connectivity index is 0.000000637. The normalized spacial score (nSPS) is 10.1. The number of nitrogens with zero attached hydrogens (tertiary/aromatic N) is 3. The van der Waals surface area contributed by atoms with E-state index in [2.05, 4.69) is 19.9 Å². The zero-order valence-corrected chi connectivity index (χ0v) is 10.5. The van der Waals surface area contributed by atoms with Crippen LogP contribution in [0.2, 0.25) is 0 Å². The van der Waals surface area contributed by atoms with E-state index in [4.69, 9.17) is 0 Å². The molecule has 0 unspecified atom stereocenters. The average molecular weight is 262 g/mol. The van der Waals surface area contributed by atoms with E-state index in [0.29, 0.717) is 22.4 Å². The fraction of sp³-hybridized carbons (Fsp3) is 0.154. The van der Waals surface area contributed by atoms with E-state index in [-0.39, 0.29) is 0 Å².